The van der Waals surface area contributed by atoms with Gasteiger partial charge in [-0.15, -0.1) is 0 Å². The highest BCUT2D eigenvalue weighted by atomic mass is 16.5. The molecule has 0 unspecified atom stereocenters. The van der Waals surface area contributed by atoms with Crippen LogP contribution in [0, 0.1) is 0 Å². The van der Waals surface area contributed by atoms with Crippen molar-refractivity contribution in [1.82, 2.24) is 9.47 Å². The Morgan fingerprint density at radius 2 is 1.93 bits per heavy atom. The maximum Gasteiger partial charge on any atom is 0.337 e. The third-order valence-corrected chi connectivity index (χ3v) is 5.26. The Balaban J connectivity index is 1.42. The first kappa shape index (κ1) is 19.5. The van der Waals surface area contributed by atoms with Gasteiger partial charge in [-0.1, -0.05) is 24.3 Å². The number of benzene rings is 2. The molecule has 0 spiro atoms. The summed E-state index contributed by atoms with van der Waals surface area (Å²) in [6, 6.07) is 15.9. The molecule has 2 heterocycles. The lowest BCUT2D eigenvalue weighted by Gasteiger charge is -2.27. The predicted molar refractivity (Wildman–Crippen MR) is 111 cm³/mol. The number of nitrogens with zero attached hydrogens (tertiary/aromatic N) is 2. The van der Waals surface area contributed by atoms with Crippen molar-refractivity contribution in [2.75, 3.05) is 40.0 Å². The minimum Gasteiger partial charge on any atom is -0.491 e. The summed E-state index contributed by atoms with van der Waals surface area (Å²) in [4.78, 5) is 14.2. The second-order valence-electron chi connectivity index (χ2n) is 7.12. The van der Waals surface area contributed by atoms with E-state index >= 15 is 0 Å². The standard InChI is InChI=1S/C23H26N2O4/c1-27-23(26)19-7-6-18-8-9-25(21(18)16-19)12-15-29-22-5-3-2-4-20(22)17-24-10-13-28-14-11-24/h2-9,16H,10-15,17H2,1H3. The Morgan fingerprint density at radius 3 is 2.76 bits per heavy atom. The van der Waals surface area contributed by atoms with Crippen molar-refractivity contribution >= 4 is 16.9 Å². The number of morpholine rings is 1. The fourth-order valence-electron chi connectivity index (χ4n) is 3.65. The van der Waals surface area contributed by atoms with E-state index in [0.717, 1.165) is 49.5 Å². The van der Waals surface area contributed by atoms with Gasteiger partial charge < -0.3 is 18.8 Å². The Bertz CT molecular complexity index is 976. The lowest BCUT2D eigenvalue weighted by molar-refractivity contribution is 0.0338. The van der Waals surface area contributed by atoms with Crippen molar-refractivity contribution in [1.29, 1.82) is 0 Å². The van der Waals surface area contributed by atoms with E-state index in [1.807, 2.05) is 36.5 Å². The summed E-state index contributed by atoms with van der Waals surface area (Å²) in [5.74, 6) is 0.596. The Morgan fingerprint density at radius 1 is 1.10 bits per heavy atom. The average molecular weight is 394 g/mol. The lowest BCUT2D eigenvalue weighted by Crippen LogP contribution is -2.35. The molecule has 1 aliphatic rings. The fourth-order valence-corrected chi connectivity index (χ4v) is 3.65. The van der Waals surface area contributed by atoms with E-state index in [-0.39, 0.29) is 5.97 Å². The molecule has 1 aromatic heterocycles. The van der Waals surface area contributed by atoms with Crippen LogP contribution in [0.15, 0.2) is 54.7 Å². The number of carbonyl (C=O) groups is 1. The number of para-hydroxylation sites is 1. The van der Waals surface area contributed by atoms with E-state index in [1.54, 1.807) is 6.07 Å². The minimum absolute atomic E-state index is 0.326. The minimum atomic E-state index is -0.326. The summed E-state index contributed by atoms with van der Waals surface area (Å²) < 4.78 is 18.5. The van der Waals surface area contributed by atoms with Crippen LogP contribution in [-0.4, -0.2) is 55.5 Å². The molecule has 0 bridgehead atoms. The van der Waals surface area contributed by atoms with E-state index < -0.39 is 0 Å². The Labute approximate surface area is 170 Å². The van der Waals surface area contributed by atoms with Gasteiger partial charge in [0.2, 0.25) is 0 Å². The van der Waals surface area contributed by atoms with Crippen LogP contribution < -0.4 is 4.74 Å². The van der Waals surface area contributed by atoms with Gasteiger partial charge in [0, 0.05) is 36.9 Å². The average Bonchev–Trinajstić information content (AvgIpc) is 3.17. The number of carbonyl (C=O) groups excluding carboxylic acids is 1. The van der Waals surface area contributed by atoms with Gasteiger partial charge in [0.1, 0.15) is 12.4 Å². The molecule has 0 N–H and O–H groups in total. The van der Waals surface area contributed by atoms with Crippen LogP contribution in [0.1, 0.15) is 15.9 Å². The monoisotopic (exact) mass is 394 g/mol. The summed E-state index contributed by atoms with van der Waals surface area (Å²) in [5, 5.41) is 1.09. The summed E-state index contributed by atoms with van der Waals surface area (Å²) in [6.45, 7) is 5.59. The predicted octanol–water partition coefficient (Wildman–Crippen LogP) is 3.34. The van der Waals surface area contributed by atoms with Gasteiger partial charge in [-0.25, -0.2) is 4.79 Å². The second-order valence-corrected chi connectivity index (χ2v) is 7.12. The molecule has 0 amide bonds. The van der Waals surface area contributed by atoms with Crippen LogP contribution >= 0.6 is 0 Å². The van der Waals surface area contributed by atoms with E-state index in [4.69, 9.17) is 14.2 Å². The highest BCUT2D eigenvalue weighted by Crippen LogP contribution is 2.22. The number of aromatic nitrogens is 1. The van der Waals surface area contributed by atoms with Gasteiger partial charge in [-0.05, 0) is 29.7 Å². The molecule has 1 aliphatic heterocycles. The normalized spacial score (nSPS) is 14.8. The molecule has 29 heavy (non-hydrogen) atoms. The molecule has 1 fully saturated rings. The van der Waals surface area contributed by atoms with Crippen LogP contribution in [-0.2, 0) is 22.6 Å². The zero-order valence-electron chi connectivity index (χ0n) is 16.7. The van der Waals surface area contributed by atoms with E-state index in [2.05, 4.69) is 21.6 Å². The van der Waals surface area contributed by atoms with Crippen molar-refractivity contribution in [2.45, 2.75) is 13.1 Å². The molecule has 152 valence electrons. The van der Waals surface area contributed by atoms with Crippen molar-refractivity contribution in [3.8, 4) is 5.75 Å². The molecule has 0 radical (unpaired) electrons. The first-order valence-electron chi connectivity index (χ1n) is 9.92. The van der Waals surface area contributed by atoms with E-state index in [1.165, 1.54) is 12.7 Å². The molecule has 0 saturated carbocycles. The topological polar surface area (TPSA) is 52.9 Å². The highest BCUT2D eigenvalue weighted by molar-refractivity contribution is 5.94. The molecule has 0 aliphatic carbocycles. The van der Waals surface area contributed by atoms with Crippen molar-refractivity contribution in [3.05, 3.63) is 65.9 Å². The van der Waals surface area contributed by atoms with Gasteiger partial charge in [0.25, 0.3) is 0 Å². The summed E-state index contributed by atoms with van der Waals surface area (Å²) in [7, 11) is 1.40. The van der Waals surface area contributed by atoms with Crippen LogP contribution in [0.3, 0.4) is 0 Å². The van der Waals surface area contributed by atoms with E-state index in [0.29, 0.717) is 18.7 Å². The third-order valence-electron chi connectivity index (χ3n) is 5.26. The van der Waals surface area contributed by atoms with Crippen LogP contribution in [0.25, 0.3) is 10.9 Å². The molecule has 2 aromatic carbocycles. The first-order chi connectivity index (χ1) is 14.2. The first-order valence-corrected chi connectivity index (χ1v) is 9.92. The third kappa shape index (κ3) is 4.60. The number of methoxy groups -OCH3 is 1. The number of esters is 1. The number of rotatable bonds is 7. The number of fused-ring (bicyclic) bond motifs is 1. The van der Waals surface area contributed by atoms with Crippen LogP contribution in [0.5, 0.6) is 5.75 Å². The summed E-state index contributed by atoms with van der Waals surface area (Å²) >= 11 is 0. The number of ether oxygens (including phenoxy) is 3. The van der Waals surface area contributed by atoms with Gasteiger partial charge in [-0.3, -0.25) is 4.90 Å². The SMILES string of the molecule is COC(=O)c1ccc2ccn(CCOc3ccccc3CN3CCOCC3)c2c1. The van der Waals surface area contributed by atoms with Crippen LogP contribution in [0.2, 0.25) is 0 Å². The number of hydrogen-bond acceptors (Lipinski definition) is 5. The summed E-state index contributed by atoms with van der Waals surface area (Å²) in [6.07, 6.45) is 2.02. The largest absolute Gasteiger partial charge is 0.491 e. The fraction of sp³-hybridized carbons (Fsp3) is 0.348. The van der Waals surface area contributed by atoms with E-state index in [9.17, 15) is 4.79 Å². The lowest BCUT2D eigenvalue weighted by atomic mass is 10.1. The van der Waals surface area contributed by atoms with Crippen molar-refractivity contribution in [3.63, 3.8) is 0 Å². The molecule has 1 saturated heterocycles. The Hall–Kier alpha value is -2.83. The highest BCUT2D eigenvalue weighted by Gasteiger charge is 2.13. The smallest absolute Gasteiger partial charge is 0.337 e. The molecule has 6 nitrogen and oxygen atoms in total. The maximum atomic E-state index is 11.8. The zero-order chi connectivity index (χ0) is 20.1. The number of hydrogen-bond donors (Lipinski definition) is 0. The molecule has 4 rings (SSSR count). The van der Waals surface area contributed by atoms with Crippen molar-refractivity contribution in [2.24, 2.45) is 0 Å². The molecule has 3 aromatic rings. The van der Waals surface area contributed by atoms with Crippen molar-refractivity contribution < 1.29 is 19.0 Å². The van der Waals surface area contributed by atoms with Gasteiger partial charge >= 0.3 is 5.97 Å². The van der Waals surface area contributed by atoms with Gasteiger partial charge in [-0.2, -0.15) is 0 Å². The summed E-state index contributed by atoms with van der Waals surface area (Å²) in [5.41, 5.74) is 2.74. The second kappa shape index (κ2) is 9.11. The van der Waals surface area contributed by atoms with Gasteiger partial charge in [0.15, 0.2) is 0 Å². The maximum absolute atomic E-state index is 11.8. The molecular weight excluding hydrogens is 368 g/mol. The molecular formula is C23H26N2O4. The van der Waals surface area contributed by atoms with Gasteiger partial charge in [0.05, 0.1) is 32.4 Å². The zero-order valence-corrected chi connectivity index (χ0v) is 16.7. The Kier molecular flexibility index (Phi) is 6.12. The van der Waals surface area contributed by atoms with Crippen LogP contribution in [0.4, 0.5) is 0 Å². The quantitative estimate of drug-likeness (QED) is 0.576. The molecule has 0 atom stereocenters. The molecule has 6 heteroatoms.